The Morgan fingerprint density at radius 1 is 1.10 bits per heavy atom. The summed E-state index contributed by atoms with van der Waals surface area (Å²) in [6.07, 6.45) is -0.775. The van der Waals surface area contributed by atoms with E-state index in [4.69, 9.17) is 21.1 Å². The molecule has 1 aliphatic rings. The van der Waals surface area contributed by atoms with Gasteiger partial charge in [0.1, 0.15) is 34.8 Å². The van der Waals surface area contributed by atoms with Gasteiger partial charge in [-0.25, -0.2) is 14.2 Å². The van der Waals surface area contributed by atoms with E-state index in [1.807, 2.05) is 7.05 Å². The minimum absolute atomic E-state index is 0.128. The number of piperidine rings is 1. The molecule has 40 heavy (non-hydrogen) atoms. The van der Waals surface area contributed by atoms with Crippen LogP contribution >= 0.6 is 11.6 Å². The van der Waals surface area contributed by atoms with E-state index in [2.05, 4.69) is 25.5 Å². The summed E-state index contributed by atoms with van der Waals surface area (Å²) in [6, 6.07) is 7.64. The van der Waals surface area contributed by atoms with Gasteiger partial charge in [-0.15, -0.1) is 0 Å². The fraction of sp³-hybridized carbons (Fsp3) is 0.259. The van der Waals surface area contributed by atoms with E-state index in [0.717, 1.165) is 25.2 Å². The van der Waals surface area contributed by atoms with Crippen LogP contribution in [0.25, 0.3) is 11.0 Å². The Hall–Kier alpha value is -4.03. The summed E-state index contributed by atoms with van der Waals surface area (Å²) < 4.78 is 67.5. The highest BCUT2D eigenvalue weighted by molar-refractivity contribution is 6.36. The first kappa shape index (κ1) is 27.5. The van der Waals surface area contributed by atoms with Gasteiger partial charge in [0.2, 0.25) is 0 Å². The van der Waals surface area contributed by atoms with E-state index in [0.29, 0.717) is 34.6 Å². The number of amides is 2. The second kappa shape index (κ2) is 11.2. The number of aromatic amines is 1. The average Bonchev–Trinajstić information content (AvgIpc) is 3.29. The molecule has 0 aliphatic carbocycles. The number of rotatable bonds is 6. The van der Waals surface area contributed by atoms with Crippen LogP contribution in [0.3, 0.4) is 0 Å². The van der Waals surface area contributed by atoms with Crippen molar-refractivity contribution in [3.8, 4) is 17.2 Å². The molecular weight excluding hydrogens is 554 g/mol. The van der Waals surface area contributed by atoms with Gasteiger partial charge in [0.15, 0.2) is 0 Å². The number of likely N-dealkylation sites (tertiary alicyclic amines) is 1. The third-order valence-corrected chi connectivity index (χ3v) is 6.70. The third kappa shape index (κ3) is 6.23. The summed E-state index contributed by atoms with van der Waals surface area (Å²) in [4.78, 5) is 21.6. The molecule has 0 radical (unpaired) electrons. The number of fused-ring (bicyclic) bond motifs is 1. The van der Waals surface area contributed by atoms with E-state index in [9.17, 15) is 22.4 Å². The fourth-order valence-electron chi connectivity index (χ4n) is 4.36. The number of hydrogen-bond acceptors (Lipinski definition) is 5. The van der Waals surface area contributed by atoms with Gasteiger partial charge in [-0.2, -0.15) is 13.2 Å². The monoisotopic (exact) mass is 577 g/mol. The predicted octanol–water partition coefficient (Wildman–Crippen LogP) is 7.28. The van der Waals surface area contributed by atoms with Gasteiger partial charge >= 0.3 is 12.2 Å². The lowest BCUT2D eigenvalue weighted by Gasteiger charge is -2.30. The fourth-order valence-corrected chi connectivity index (χ4v) is 4.60. The minimum atomic E-state index is -4.71. The molecule has 1 saturated heterocycles. The molecule has 5 rings (SSSR count). The first-order valence-corrected chi connectivity index (χ1v) is 12.7. The lowest BCUT2D eigenvalue weighted by atomic mass is 10.1. The summed E-state index contributed by atoms with van der Waals surface area (Å²) >= 11 is 6.17. The van der Waals surface area contributed by atoms with Gasteiger partial charge < -0.3 is 30.0 Å². The number of carbonyl (C=O) groups excluding carboxylic acids is 1. The molecule has 2 aromatic carbocycles. The first-order chi connectivity index (χ1) is 19.1. The zero-order valence-electron chi connectivity index (χ0n) is 21.1. The van der Waals surface area contributed by atoms with E-state index in [-0.39, 0.29) is 29.0 Å². The molecule has 0 unspecified atom stereocenters. The maximum atomic E-state index is 14.8. The van der Waals surface area contributed by atoms with Gasteiger partial charge in [0.05, 0.1) is 21.7 Å². The predicted molar refractivity (Wildman–Crippen MR) is 143 cm³/mol. The van der Waals surface area contributed by atoms with E-state index >= 15 is 0 Å². The molecule has 1 aliphatic heterocycles. The Balaban J connectivity index is 1.26. The van der Waals surface area contributed by atoms with E-state index in [1.54, 1.807) is 12.3 Å². The summed E-state index contributed by atoms with van der Waals surface area (Å²) in [7, 11) is 1.94. The van der Waals surface area contributed by atoms with Crippen molar-refractivity contribution in [3.05, 3.63) is 71.3 Å². The van der Waals surface area contributed by atoms with Crippen molar-refractivity contribution in [2.24, 2.45) is 0 Å². The standard InChI is InChI=1S/C27H24ClF4N5O3/c1-37-10-7-16(8-11-37)39-22-5-2-15(12-18(22)27(30,31)32)35-26(38)36-21-4-3-17(13-20(21)29)40-23-6-9-33-25-24(23)19(28)14-34-25/h2-6,9,12-14,16H,7-8,10-11H2,1H3,(H,33,34)(H2,35,36,38). The summed E-state index contributed by atoms with van der Waals surface area (Å²) in [5, 5.41) is 5.50. The number of alkyl halides is 3. The van der Waals surface area contributed by atoms with Gasteiger partial charge in [-0.3, -0.25) is 0 Å². The largest absolute Gasteiger partial charge is 0.490 e. The molecule has 13 heteroatoms. The Morgan fingerprint density at radius 2 is 1.88 bits per heavy atom. The quantitative estimate of drug-likeness (QED) is 0.209. The molecule has 210 valence electrons. The number of nitrogens with zero attached hydrogens (tertiary/aromatic N) is 2. The number of aromatic nitrogens is 2. The van der Waals surface area contributed by atoms with Crippen LogP contribution in [-0.2, 0) is 6.18 Å². The highest BCUT2D eigenvalue weighted by Gasteiger charge is 2.36. The maximum absolute atomic E-state index is 14.8. The number of benzene rings is 2. The molecule has 1 fully saturated rings. The third-order valence-electron chi connectivity index (χ3n) is 6.41. The smallest absolute Gasteiger partial charge is 0.420 e. The zero-order valence-corrected chi connectivity index (χ0v) is 21.9. The number of hydrogen-bond donors (Lipinski definition) is 3. The van der Waals surface area contributed by atoms with Gasteiger partial charge in [-0.1, -0.05) is 11.6 Å². The molecular formula is C27H24ClF4N5O3. The summed E-state index contributed by atoms with van der Waals surface area (Å²) in [5.74, 6) is -0.654. The topological polar surface area (TPSA) is 91.5 Å². The normalized spacial score (nSPS) is 14.8. The van der Waals surface area contributed by atoms with Gasteiger partial charge in [0, 0.05) is 37.2 Å². The lowest BCUT2D eigenvalue weighted by molar-refractivity contribution is -0.139. The van der Waals surface area contributed by atoms with E-state index in [1.165, 1.54) is 30.5 Å². The zero-order chi connectivity index (χ0) is 28.4. The van der Waals surface area contributed by atoms with Crippen LogP contribution < -0.4 is 20.1 Å². The molecule has 0 bridgehead atoms. The Kier molecular flexibility index (Phi) is 7.72. The van der Waals surface area contributed by atoms with Gasteiger partial charge in [0.25, 0.3) is 0 Å². The molecule has 2 amide bonds. The van der Waals surface area contributed by atoms with Crippen LogP contribution in [0.2, 0.25) is 5.02 Å². The minimum Gasteiger partial charge on any atom is -0.490 e. The number of ether oxygens (including phenoxy) is 2. The molecule has 4 aromatic rings. The lowest BCUT2D eigenvalue weighted by Crippen LogP contribution is -2.36. The molecule has 0 atom stereocenters. The Morgan fingerprint density at radius 3 is 2.60 bits per heavy atom. The second-order valence-electron chi connectivity index (χ2n) is 9.32. The van der Waals surface area contributed by atoms with Crippen molar-refractivity contribution in [1.29, 1.82) is 0 Å². The second-order valence-corrected chi connectivity index (χ2v) is 9.73. The van der Waals surface area contributed by atoms with Crippen LogP contribution in [-0.4, -0.2) is 47.1 Å². The van der Waals surface area contributed by atoms with Crippen molar-refractivity contribution in [3.63, 3.8) is 0 Å². The summed E-state index contributed by atoms with van der Waals surface area (Å²) in [5.41, 5.74) is -0.855. The van der Waals surface area contributed by atoms with Crippen molar-refractivity contribution >= 4 is 40.0 Å². The Bertz CT molecular complexity index is 1540. The molecule has 3 heterocycles. The van der Waals surface area contributed by atoms with Crippen LogP contribution in [0.1, 0.15) is 18.4 Å². The number of urea groups is 1. The van der Waals surface area contributed by atoms with Crippen molar-refractivity contribution in [1.82, 2.24) is 14.9 Å². The number of halogens is 5. The van der Waals surface area contributed by atoms with E-state index < -0.39 is 23.6 Å². The van der Waals surface area contributed by atoms with Crippen LogP contribution in [0.15, 0.2) is 54.9 Å². The number of H-pyrrole nitrogens is 1. The highest BCUT2D eigenvalue weighted by atomic mass is 35.5. The van der Waals surface area contributed by atoms with Crippen molar-refractivity contribution in [2.75, 3.05) is 30.8 Å². The molecule has 8 nitrogen and oxygen atoms in total. The molecule has 0 saturated carbocycles. The molecule has 2 aromatic heterocycles. The summed E-state index contributed by atoms with van der Waals surface area (Å²) in [6.45, 7) is 1.45. The molecule has 3 N–H and O–H groups in total. The van der Waals surface area contributed by atoms with Gasteiger partial charge in [-0.05, 0) is 56.3 Å². The number of carbonyl (C=O) groups is 1. The van der Waals surface area contributed by atoms with Crippen LogP contribution in [0.4, 0.5) is 33.7 Å². The highest BCUT2D eigenvalue weighted by Crippen LogP contribution is 2.39. The first-order valence-electron chi connectivity index (χ1n) is 12.3. The van der Waals surface area contributed by atoms with Crippen LogP contribution in [0, 0.1) is 5.82 Å². The Labute approximate surface area is 231 Å². The molecule has 0 spiro atoms. The SMILES string of the molecule is CN1CCC(Oc2ccc(NC(=O)Nc3ccc(Oc4ccnc5[nH]cc(Cl)c45)cc3F)cc2C(F)(F)F)CC1. The maximum Gasteiger partial charge on any atom is 0.420 e. The number of pyridine rings is 1. The average molecular weight is 578 g/mol. The van der Waals surface area contributed by atoms with Crippen LogP contribution in [0.5, 0.6) is 17.2 Å². The van der Waals surface area contributed by atoms with Crippen molar-refractivity contribution in [2.45, 2.75) is 25.1 Å². The number of nitrogens with one attached hydrogen (secondary N) is 3. The van der Waals surface area contributed by atoms with Crippen molar-refractivity contribution < 1.29 is 31.8 Å². The number of anilines is 2.